The van der Waals surface area contributed by atoms with E-state index in [4.69, 9.17) is 16.5 Å². The van der Waals surface area contributed by atoms with Gasteiger partial charge in [-0.05, 0) is 30.2 Å². The fraction of sp³-hybridized carbons (Fsp3) is 0.182. The van der Waals surface area contributed by atoms with Gasteiger partial charge in [-0.1, -0.05) is 43.3 Å². The molecule has 1 aromatic carbocycles. The molecule has 6 nitrogen and oxygen atoms in total. The van der Waals surface area contributed by atoms with Gasteiger partial charge < -0.3 is 11.5 Å². The number of aromatic nitrogens is 4. The predicted octanol–water partition coefficient (Wildman–Crippen LogP) is 5.21. The number of nitrogens with zero attached hydrogens (tertiary/aromatic N) is 4. The smallest absolute Gasteiger partial charge is 0.212 e. The van der Waals surface area contributed by atoms with Crippen molar-refractivity contribution in [2.24, 2.45) is 0 Å². The number of anilines is 2. The van der Waals surface area contributed by atoms with Gasteiger partial charge in [-0.25, -0.2) is 19.9 Å². The second-order valence-electron chi connectivity index (χ2n) is 6.88. The number of hydrogen-bond acceptors (Lipinski definition) is 8. The van der Waals surface area contributed by atoms with Crippen LogP contribution in [-0.4, -0.2) is 19.9 Å². The van der Waals surface area contributed by atoms with Crippen LogP contribution in [0, 0.1) is 5.95 Å². The molecule has 0 unspecified atom stereocenters. The van der Waals surface area contributed by atoms with Crippen LogP contribution in [0.5, 0.6) is 0 Å². The van der Waals surface area contributed by atoms with Crippen LogP contribution in [0.3, 0.4) is 0 Å². The quantitative estimate of drug-likeness (QED) is 0.225. The van der Waals surface area contributed by atoms with Gasteiger partial charge in [0, 0.05) is 34.0 Å². The van der Waals surface area contributed by atoms with Crippen molar-refractivity contribution < 1.29 is 4.39 Å². The minimum Gasteiger partial charge on any atom is -0.383 e. The van der Waals surface area contributed by atoms with Gasteiger partial charge in [0.05, 0.1) is 5.69 Å². The Morgan fingerprint density at radius 1 is 0.968 bits per heavy atom. The standard InChI is InChI=1S/C22H21FN6S2/c1-2-4-17-16(12-30-22-28-19(24)10-20(25)29-22)27-21(31-17)14-6-3-5-13(9-14)15-7-8-18(23)26-11-15/h3,5-11H,2,4,12H2,1H3,(H4,24,25,28,29). The molecule has 9 heteroatoms. The van der Waals surface area contributed by atoms with E-state index in [0.29, 0.717) is 22.5 Å². The molecule has 4 aromatic rings. The molecule has 4 rings (SSSR count). The molecule has 31 heavy (non-hydrogen) atoms. The van der Waals surface area contributed by atoms with E-state index >= 15 is 0 Å². The van der Waals surface area contributed by atoms with Crippen LogP contribution in [0.15, 0.2) is 53.8 Å². The van der Waals surface area contributed by atoms with E-state index in [1.165, 1.54) is 35.0 Å². The summed E-state index contributed by atoms with van der Waals surface area (Å²) in [5, 5.41) is 1.49. The van der Waals surface area contributed by atoms with Crippen molar-refractivity contribution in [2.45, 2.75) is 30.7 Å². The first kappa shape index (κ1) is 21.2. The summed E-state index contributed by atoms with van der Waals surface area (Å²) in [6.07, 6.45) is 3.52. The summed E-state index contributed by atoms with van der Waals surface area (Å²) in [5.41, 5.74) is 15.4. The summed E-state index contributed by atoms with van der Waals surface area (Å²) in [7, 11) is 0. The fourth-order valence-corrected chi connectivity index (χ4v) is 5.19. The Kier molecular flexibility index (Phi) is 6.43. The maximum Gasteiger partial charge on any atom is 0.212 e. The van der Waals surface area contributed by atoms with Crippen LogP contribution in [0.2, 0.25) is 0 Å². The fourth-order valence-electron chi connectivity index (χ4n) is 3.08. The maximum absolute atomic E-state index is 13.2. The third-order valence-electron chi connectivity index (χ3n) is 4.51. The average Bonchev–Trinajstić information content (AvgIpc) is 3.15. The van der Waals surface area contributed by atoms with Gasteiger partial charge in [0.2, 0.25) is 5.95 Å². The van der Waals surface area contributed by atoms with Crippen LogP contribution >= 0.6 is 23.1 Å². The molecule has 0 saturated carbocycles. The normalized spacial score (nSPS) is 11.0. The number of rotatable bonds is 7. The van der Waals surface area contributed by atoms with Crippen molar-refractivity contribution in [3.8, 4) is 21.7 Å². The lowest BCUT2D eigenvalue weighted by Gasteiger charge is -2.03. The number of halogens is 1. The van der Waals surface area contributed by atoms with Gasteiger partial charge in [0.15, 0.2) is 5.16 Å². The number of benzene rings is 1. The van der Waals surface area contributed by atoms with Crippen LogP contribution in [0.1, 0.15) is 23.9 Å². The van der Waals surface area contributed by atoms with Crippen molar-refractivity contribution in [3.05, 3.63) is 65.2 Å². The topological polar surface area (TPSA) is 104 Å². The molecule has 0 aliphatic rings. The van der Waals surface area contributed by atoms with E-state index in [1.54, 1.807) is 17.4 Å². The molecule has 0 fully saturated rings. The molecular weight excluding hydrogens is 431 g/mol. The molecule has 0 spiro atoms. The molecule has 0 saturated heterocycles. The first-order valence-electron chi connectivity index (χ1n) is 9.75. The summed E-state index contributed by atoms with van der Waals surface area (Å²) < 4.78 is 13.2. The third kappa shape index (κ3) is 5.18. The van der Waals surface area contributed by atoms with E-state index in [9.17, 15) is 4.39 Å². The number of pyridine rings is 1. The number of nitrogens with two attached hydrogens (primary N) is 2. The van der Waals surface area contributed by atoms with Crippen LogP contribution in [0.25, 0.3) is 21.7 Å². The molecule has 3 aromatic heterocycles. The molecule has 0 amide bonds. The van der Waals surface area contributed by atoms with Crippen molar-refractivity contribution in [3.63, 3.8) is 0 Å². The summed E-state index contributed by atoms with van der Waals surface area (Å²) in [6.45, 7) is 2.15. The van der Waals surface area contributed by atoms with Gasteiger partial charge in [0.1, 0.15) is 16.6 Å². The Bertz CT molecular complexity index is 1170. The highest BCUT2D eigenvalue weighted by Gasteiger charge is 2.14. The third-order valence-corrected chi connectivity index (χ3v) is 6.57. The Morgan fingerprint density at radius 2 is 1.74 bits per heavy atom. The summed E-state index contributed by atoms with van der Waals surface area (Å²) in [4.78, 5) is 18.4. The van der Waals surface area contributed by atoms with Gasteiger partial charge in [-0.3, -0.25) is 0 Å². The second kappa shape index (κ2) is 9.40. The molecule has 0 radical (unpaired) electrons. The van der Waals surface area contributed by atoms with E-state index < -0.39 is 5.95 Å². The number of nitrogen functional groups attached to an aromatic ring is 2. The summed E-state index contributed by atoms with van der Waals surface area (Å²) in [6, 6.07) is 12.7. The number of hydrogen-bond donors (Lipinski definition) is 2. The minimum absolute atomic E-state index is 0.356. The van der Waals surface area contributed by atoms with Gasteiger partial charge in [-0.2, -0.15) is 4.39 Å². The van der Waals surface area contributed by atoms with Crippen LogP contribution < -0.4 is 11.5 Å². The number of aryl methyl sites for hydroxylation is 1. The monoisotopic (exact) mass is 452 g/mol. The Balaban J connectivity index is 1.60. The van der Waals surface area contributed by atoms with Crippen LogP contribution in [0.4, 0.5) is 16.0 Å². The van der Waals surface area contributed by atoms with Gasteiger partial charge in [-0.15, -0.1) is 11.3 Å². The Hall–Kier alpha value is -3.04. The zero-order valence-electron chi connectivity index (χ0n) is 16.9. The van der Waals surface area contributed by atoms with E-state index in [2.05, 4.69) is 27.9 Å². The minimum atomic E-state index is -0.489. The molecule has 158 valence electrons. The maximum atomic E-state index is 13.2. The van der Waals surface area contributed by atoms with E-state index in [-0.39, 0.29) is 0 Å². The zero-order chi connectivity index (χ0) is 21.8. The van der Waals surface area contributed by atoms with E-state index in [0.717, 1.165) is 40.2 Å². The lowest BCUT2D eigenvalue weighted by molar-refractivity contribution is 0.584. The highest BCUT2D eigenvalue weighted by atomic mass is 32.2. The highest BCUT2D eigenvalue weighted by molar-refractivity contribution is 7.98. The van der Waals surface area contributed by atoms with Crippen molar-refractivity contribution in [1.82, 2.24) is 19.9 Å². The molecular formula is C22H21FN6S2. The van der Waals surface area contributed by atoms with Crippen molar-refractivity contribution >= 4 is 34.7 Å². The predicted molar refractivity (Wildman–Crippen MR) is 125 cm³/mol. The van der Waals surface area contributed by atoms with Gasteiger partial charge >= 0.3 is 0 Å². The molecule has 0 bridgehead atoms. The molecule has 4 N–H and O–H groups in total. The zero-order valence-corrected chi connectivity index (χ0v) is 18.5. The van der Waals surface area contributed by atoms with Crippen LogP contribution in [-0.2, 0) is 12.2 Å². The van der Waals surface area contributed by atoms with Crippen molar-refractivity contribution in [1.29, 1.82) is 0 Å². The summed E-state index contributed by atoms with van der Waals surface area (Å²) >= 11 is 3.16. The van der Waals surface area contributed by atoms with Crippen molar-refractivity contribution in [2.75, 3.05) is 11.5 Å². The SMILES string of the molecule is CCCc1sc(-c2cccc(-c3ccc(F)nc3)c2)nc1CSc1nc(N)cc(N)n1. The largest absolute Gasteiger partial charge is 0.383 e. The lowest BCUT2D eigenvalue weighted by Crippen LogP contribution is -1.99. The molecule has 0 aliphatic carbocycles. The molecule has 3 heterocycles. The second-order valence-corrected chi connectivity index (χ2v) is 8.90. The number of thioether (sulfide) groups is 1. The molecule has 0 aliphatic heterocycles. The molecule has 0 atom stereocenters. The summed E-state index contributed by atoms with van der Waals surface area (Å²) in [5.74, 6) is 0.859. The van der Waals surface area contributed by atoms with Gasteiger partial charge in [0.25, 0.3) is 0 Å². The Labute approximate surface area is 188 Å². The highest BCUT2D eigenvalue weighted by Crippen LogP contribution is 2.34. The lowest BCUT2D eigenvalue weighted by atomic mass is 10.1. The first-order valence-corrected chi connectivity index (χ1v) is 11.6. The average molecular weight is 453 g/mol. The first-order chi connectivity index (χ1) is 15.0. The van der Waals surface area contributed by atoms with E-state index in [1.807, 2.05) is 18.2 Å². The Morgan fingerprint density at radius 3 is 2.45 bits per heavy atom. The number of thiazole rings is 1.